The minimum atomic E-state index is -0.669. The predicted molar refractivity (Wildman–Crippen MR) is 136 cm³/mol. The zero-order valence-corrected chi connectivity index (χ0v) is 21.6. The summed E-state index contributed by atoms with van der Waals surface area (Å²) in [5, 5.41) is 22.4. The lowest BCUT2D eigenvalue weighted by Gasteiger charge is -2.53. The average molecular weight is 507 g/mol. The van der Waals surface area contributed by atoms with Crippen molar-refractivity contribution in [2.24, 2.45) is 28.9 Å². The first-order valence-electron chi connectivity index (χ1n) is 13.9. The van der Waals surface area contributed by atoms with E-state index in [9.17, 15) is 20.0 Å². The Labute approximate surface area is 218 Å². The van der Waals surface area contributed by atoms with Crippen molar-refractivity contribution in [1.29, 1.82) is 5.26 Å². The van der Waals surface area contributed by atoms with Crippen molar-refractivity contribution in [3.8, 4) is 11.8 Å². The van der Waals surface area contributed by atoms with E-state index in [1.54, 1.807) is 24.1 Å². The molecule has 1 aromatic rings. The van der Waals surface area contributed by atoms with E-state index < -0.39 is 23.1 Å². The monoisotopic (exact) mass is 506 g/mol. The topological polar surface area (TPSA) is 129 Å². The van der Waals surface area contributed by atoms with Crippen LogP contribution in [0, 0.1) is 34.5 Å². The number of nitrogens with zero attached hydrogens (tertiary/aromatic N) is 2. The number of piperidine rings is 1. The van der Waals surface area contributed by atoms with Crippen LogP contribution in [0.2, 0.25) is 0 Å². The molecule has 198 valence electrons. The Kier molecular flexibility index (Phi) is 6.00. The predicted octanol–water partition coefficient (Wildman–Crippen LogP) is 2.64. The number of esters is 1. The molecule has 1 saturated heterocycles. The Balaban J connectivity index is 1.22. The second-order valence-corrected chi connectivity index (χ2v) is 12.6. The molecule has 1 aliphatic heterocycles. The Bertz CT molecular complexity index is 1120. The zero-order valence-electron chi connectivity index (χ0n) is 21.6. The number of phenols is 1. The van der Waals surface area contributed by atoms with Crippen LogP contribution in [0.1, 0.15) is 63.4 Å². The summed E-state index contributed by atoms with van der Waals surface area (Å²) < 4.78 is 6.45. The van der Waals surface area contributed by atoms with Gasteiger partial charge in [0.1, 0.15) is 23.4 Å². The lowest BCUT2D eigenvalue weighted by molar-refractivity contribution is -0.183. The van der Waals surface area contributed by atoms with Gasteiger partial charge in [-0.2, -0.15) is 5.26 Å². The molecular weight excluding hydrogens is 468 g/mol. The first kappa shape index (κ1) is 24.7. The fraction of sp³-hybridized carbons (Fsp3) is 0.690. The summed E-state index contributed by atoms with van der Waals surface area (Å²) in [5.41, 5.74) is 6.83. The van der Waals surface area contributed by atoms with Crippen LogP contribution in [-0.4, -0.2) is 58.7 Å². The van der Waals surface area contributed by atoms with Gasteiger partial charge in [-0.3, -0.25) is 9.59 Å². The maximum atomic E-state index is 13.8. The fourth-order valence-corrected chi connectivity index (χ4v) is 8.54. The summed E-state index contributed by atoms with van der Waals surface area (Å²) >= 11 is 0. The van der Waals surface area contributed by atoms with Crippen LogP contribution in [0.15, 0.2) is 24.3 Å². The third kappa shape index (κ3) is 4.30. The van der Waals surface area contributed by atoms with Gasteiger partial charge >= 0.3 is 5.97 Å². The van der Waals surface area contributed by atoms with E-state index in [4.69, 9.17) is 10.5 Å². The molecule has 6 aliphatic rings. The largest absolute Gasteiger partial charge is 0.508 e. The van der Waals surface area contributed by atoms with Crippen molar-refractivity contribution in [2.75, 3.05) is 7.05 Å². The van der Waals surface area contributed by atoms with Crippen LogP contribution in [0.3, 0.4) is 0 Å². The van der Waals surface area contributed by atoms with Crippen molar-refractivity contribution in [3.05, 3.63) is 29.8 Å². The van der Waals surface area contributed by atoms with Gasteiger partial charge in [0.05, 0.1) is 12.1 Å². The molecule has 0 spiro atoms. The minimum absolute atomic E-state index is 0.0711. The third-order valence-corrected chi connectivity index (χ3v) is 10.2. The van der Waals surface area contributed by atoms with Gasteiger partial charge in [-0.15, -0.1) is 0 Å². The summed E-state index contributed by atoms with van der Waals surface area (Å²) in [6.07, 6.45) is 8.42. The molecule has 5 saturated carbocycles. The van der Waals surface area contributed by atoms with Gasteiger partial charge < -0.3 is 25.8 Å². The highest BCUT2D eigenvalue weighted by Crippen LogP contribution is 2.61. The highest BCUT2D eigenvalue weighted by Gasteiger charge is 2.62. The number of carbonyl (C=O) groups is 2. The number of nitrogens with one attached hydrogen (secondary N) is 1. The molecule has 6 fully saturated rings. The third-order valence-electron chi connectivity index (χ3n) is 10.2. The SMILES string of the molecule is CNC(Cc1ccc(O)cc1)C(=O)OC12CC3CCC(C(N)C(=O)N4C(C#N)CC5CC54)(CC(C3)C1)C2. The lowest BCUT2D eigenvalue weighted by Crippen LogP contribution is -2.60. The number of likely N-dealkylation sites (N-methyl/N-ethyl adjacent to an activating group) is 1. The molecule has 1 heterocycles. The Hall–Kier alpha value is -2.63. The van der Waals surface area contributed by atoms with Gasteiger partial charge in [-0.05, 0) is 112 Å². The summed E-state index contributed by atoms with van der Waals surface area (Å²) in [5.74, 6) is 1.19. The highest BCUT2D eigenvalue weighted by atomic mass is 16.6. The quantitative estimate of drug-likeness (QED) is 0.485. The van der Waals surface area contributed by atoms with Gasteiger partial charge in [-0.1, -0.05) is 12.1 Å². The van der Waals surface area contributed by atoms with Crippen molar-refractivity contribution >= 4 is 11.9 Å². The van der Waals surface area contributed by atoms with Gasteiger partial charge in [0.25, 0.3) is 0 Å². The number of carbonyl (C=O) groups excluding carboxylic acids is 2. The number of phenolic OH excluding ortho intramolecular Hbond substituents is 1. The van der Waals surface area contributed by atoms with E-state index in [1.807, 2.05) is 12.1 Å². The molecule has 0 aromatic heterocycles. The number of hydrogen-bond donors (Lipinski definition) is 3. The first-order valence-corrected chi connectivity index (χ1v) is 13.9. The molecule has 8 heteroatoms. The normalized spacial score (nSPS) is 38.8. The van der Waals surface area contributed by atoms with Crippen molar-refractivity contribution in [1.82, 2.24) is 10.2 Å². The molecule has 7 rings (SSSR count). The van der Waals surface area contributed by atoms with Gasteiger partial charge in [0.15, 0.2) is 0 Å². The van der Waals surface area contributed by atoms with Crippen LogP contribution >= 0.6 is 0 Å². The highest BCUT2D eigenvalue weighted by molar-refractivity contribution is 5.84. The number of rotatable bonds is 7. The molecule has 9 atom stereocenters. The number of aromatic hydroxyl groups is 1. The van der Waals surface area contributed by atoms with Crippen LogP contribution in [0.4, 0.5) is 0 Å². The van der Waals surface area contributed by atoms with E-state index in [1.165, 1.54) is 0 Å². The van der Waals surface area contributed by atoms with Crippen LogP contribution in [0.25, 0.3) is 0 Å². The molecule has 4 bridgehead atoms. The van der Waals surface area contributed by atoms with Crippen LogP contribution in [-0.2, 0) is 20.7 Å². The summed E-state index contributed by atoms with van der Waals surface area (Å²) in [6, 6.07) is 7.87. The number of ether oxygens (including phenoxy) is 1. The van der Waals surface area contributed by atoms with Gasteiger partial charge in [0, 0.05) is 6.04 Å². The van der Waals surface area contributed by atoms with E-state index >= 15 is 0 Å². The van der Waals surface area contributed by atoms with E-state index in [0.29, 0.717) is 30.6 Å². The maximum Gasteiger partial charge on any atom is 0.324 e. The van der Waals surface area contributed by atoms with E-state index in [-0.39, 0.29) is 29.7 Å². The number of nitrogens with two attached hydrogens (primary N) is 1. The second-order valence-electron chi connectivity index (χ2n) is 12.6. The number of amides is 1. The Morgan fingerprint density at radius 2 is 1.97 bits per heavy atom. The summed E-state index contributed by atoms with van der Waals surface area (Å²) in [6.45, 7) is 0. The van der Waals surface area contributed by atoms with Crippen molar-refractivity contribution in [3.63, 3.8) is 0 Å². The molecule has 1 amide bonds. The standard InChI is InChI=1S/C29H38N4O4/c1-32-23(9-17-2-4-22(34)5-3-17)27(36)37-29-13-18-6-7-28(16-29,12-19(8-18)14-29)25(31)26(35)33-21(15-30)10-20-11-24(20)33/h2-5,18-21,23-25,32,34H,6-14,16,31H2,1H3. The smallest absolute Gasteiger partial charge is 0.324 e. The molecule has 9 unspecified atom stereocenters. The van der Waals surface area contributed by atoms with Crippen molar-refractivity contribution < 1.29 is 19.4 Å². The molecule has 4 N–H and O–H groups in total. The maximum absolute atomic E-state index is 13.8. The van der Waals surface area contributed by atoms with Crippen LogP contribution < -0.4 is 11.1 Å². The number of benzene rings is 1. The molecular formula is C29H38N4O4. The van der Waals surface area contributed by atoms with E-state index in [2.05, 4.69) is 11.4 Å². The Morgan fingerprint density at radius 1 is 1.22 bits per heavy atom. The number of fused-ring (bicyclic) bond motifs is 2. The number of hydrogen-bond acceptors (Lipinski definition) is 7. The molecule has 37 heavy (non-hydrogen) atoms. The number of likely N-dealkylation sites (tertiary alicyclic amines) is 1. The molecule has 0 radical (unpaired) electrons. The summed E-state index contributed by atoms with van der Waals surface area (Å²) in [7, 11) is 1.77. The van der Waals surface area contributed by atoms with E-state index in [0.717, 1.165) is 56.9 Å². The average Bonchev–Trinajstić information content (AvgIpc) is 3.59. The fourth-order valence-electron chi connectivity index (χ4n) is 8.54. The van der Waals surface area contributed by atoms with Crippen molar-refractivity contribution in [2.45, 2.75) is 94.0 Å². The first-order chi connectivity index (χ1) is 17.7. The lowest BCUT2D eigenvalue weighted by atomic mass is 9.57. The minimum Gasteiger partial charge on any atom is -0.508 e. The second kappa shape index (κ2) is 8.99. The van der Waals surface area contributed by atoms with Gasteiger partial charge in [0.2, 0.25) is 5.91 Å². The summed E-state index contributed by atoms with van der Waals surface area (Å²) in [4.78, 5) is 29.1. The van der Waals surface area contributed by atoms with Crippen LogP contribution in [0.5, 0.6) is 5.75 Å². The molecule has 1 aromatic carbocycles. The number of nitriles is 1. The van der Waals surface area contributed by atoms with Gasteiger partial charge in [-0.25, -0.2) is 0 Å². The molecule has 8 nitrogen and oxygen atoms in total. The Morgan fingerprint density at radius 3 is 2.70 bits per heavy atom. The molecule has 5 aliphatic carbocycles. The zero-order chi connectivity index (χ0) is 25.9.